The molecular weight excluding hydrogens is 420 g/mol. The number of hydrogen-bond donors (Lipinski definition) is 2. The average Bonchev–Trinajstić information content (AvgIpc) is 3.21. The molecule has 2 N–H and O–H groups in total. The molecule has 4 amide bonds. The van der Waals surface area contributed by atoms with Crippen molar-refractivity contribution >= 4 is 39.2 Å². The summed E-state index contributed by atoms with van der Waals surface area (Å²) >= 11 is 0. The van der Waals surface area contributed by atoms with Gasteiger partial charge in [0.2, 0.25) is 15.9 Å². The van der Waals surface area contributed by atoms with Crippen LogP contribution < -0.4 is 14.9 Å². The number of imide groups is 1. The second-order valence-corrected chi connectivity index (χ2v) is 10.6. The lowest BCUT2D eigenvalue weighted by atomic mass is 9.75. The summed E-state index contributed by atoms with van der Waals surface area (Å²) in [6, 6.07) is 5.96. The first-order chi connectivity index (χ1) is 14.7. The van der Waals surface area contributed by atoms with Crippen molar-refractivity contribution in [2.45, 2.75) is 51.0 Å². The van der Waals surface area contributed by atoms with Crippen LogP contribution in [0.15, 0.2) is 24.3 Å². The number of benzene rings is 1. The third kappa shape index (κ3) is 4.13. The molecule has 2 aliphatic heterocycles. The molecule has 3 aliphatic rings. The van der Waals surface area contributed by atoms with Crippen LogP contribution in [-0.2, 0) is 19.6 Å². The number of hydrogen-bond acceptors (Lipinski definition) is 5. The van der Waals surface area contributed by atoms with Crippen LogP contribution in [0.2, 0.25) is 0 Å². The predicted molar refractivity (Wildman–Crippen MR) is 116 cm³/mol. The molecule has 31 heavy (non-hydrogen) atoms. The van der Waals surface area contributed by atoms with Crippen molar-refractivity contribution in [3.05, 3.63) is 24.3 Å². The Morgan fingerprint density at radius 1 is 1.19 bits per heavy atom. The van der Waals surface area contributed by atoms with E-state index in [1.54, 1.807) is 24.3 Å². The van der Waals surface area contributed by atoms with E-state index < -0.39 is 27.5 Å². The second-order valence-electron chi connectivity index (χ2n) is 8.59. The SMILES string of the molecule is CCC1CCC2(CC1)NC(=O)N(CC(=O)Nc1ccc(N3CCCS3(=O)=O)cc1)C2=O. The zero-order valence-electron chi connectivity index (χ0n) is 17.6. The van der Waals surface area contributed by atoms with E-state index in [0.29, 0.717) is 43.1 Å². The number of nitrogens with zero attached hydrogens (tertiary/aromatic N) is 2. The Hall–Kier alpha value is -2.62. The van der Waals surface area contributed by atoms with Gasteiger partial charge in [-0.1, -0.05) is 13.3 Å². The van der Waals surface area contributed by atoms with Crippen molar-refractivity contribution in [3.8, 4) is 0 Å². The zero-order chi connectivity index (χ0) is 22.2. The summed E-state index contributed by atoms with van der Waals surface area (Å²) in [5, 5.41) is 5.50. The molecule has 1 spiro atoms. The first kappa shape index (κ1) is 21.6. The van der Waals surface area contributed by atoms with Gasteiger partial charge in [-0.3, -0.25) is 18.8 Å². The van der Waals surface area contributed by atoms with Gasteiger partial charge in [0.1, 0.15) is 12.1 Å². The Balaban J connectivity index is 1.37. The van der Waals surface area contributed by atoms with E-state index in [1.165, 1.54) is 4.31 Å². The highest BCUT2D eigenvalue weighted by atomic mass is 32.2. The summed E-state index contributed by atoms with van der Waals surface area (Å²) < 4.78 is 25.4. The Bertz CT molecular complexity index is 984. The molecule has 9 nitrogen and oxygen atoms in total. The summed E-state index contributed by atoms with van der Waals surface area (Å²) in [6.45, 7) is 2.22. The summed E-state index contributed by atoms with van der Waals surface area (Å²) in [5.74, 6) is -0.0924. The normalized spacial score (nSPS) is 27.6. The predicted octanol–water partition coefficient (Wildman–Crippen LogP) is 2.06. The molecule has 0 bridgehead atoms. The minimum atomic E-state index is -3.27. The molecule has 168 valence electrons. The van der Waals surface area contributed by atoms with Gasteiger partial charge in [-0.05, 0) is 62.3 Å². The first-order valence-electron chi connectivity index (χ1n) is 10.8. The largest absolute Gasteiger partial charge is 0.325 e. The van der Waals surface area contributed by atoms with E-state index in [2.05, 4.69) is 17.6 Å². The molecule has 1 aliphatic carbocycles. The molecular formula is C21H28N4O5S. The van der Waals surface area contributed by atoms with Crippen LogP contribution >= 0.6 is 0 Å². The van der Waals surface area contributed by atoms with Gasteiger partial charge in [0, 0.05) is 12.2 Å². The van der Waals surface area contributed by atoms with Crippen LogP contribution in [0, 0.1) is 5.92 Å². The Kier molecular flexibility index (Phi) is 5.67. The van der Waals surface area contributed by atoms with Crippen LogP contribution in [0.1, 0.15) is 45.4 Å². The monoisotopic (exact) mass is 448 g/mol. The van der Waals surface area contributed by atoms with Gasteiger partial charge in [-0.15, -0.1) is 0 Å². The zero-order valence-corrected chi connectivity index (χ0v) is 18.4. The number of sulfonamides is 1. The van der Waals surface area contributed by atoms with Crippen molar-refractivity contribution < 1.29 is 22.8 Å². The van der Waals surface area contributed by atoms with Gasteiger partial charge in [0.25, 0.3) is 5.91 Å². The lowest BCUT2D eigenvalue weighted by molar-refractivity contribution is -0.135. The van der Waals surface area contributed by atoms with E-state index >= 15 is 0 Å². The van der Waals surface area contributed by atoms with Crippen LogP contribution in [-0.4, -0.2) is 55.5 Å². The molecule has 1 aromatic carbocycles. The molecule has 10 heteroatoms. The van der Waals surface area contributed by atoms with Gasteiger partial charge in [0.15, 0.2) is 0 Å². The van der Waals surface area contributed by atoms with Gasteiger partial charge in [0.05, 0.1) is 11.4 Å². The standard InChI is InChI=1S/C21H28N4O5S/c1-2-15-8-10-21(11-9-15)19(27)24(20(28)23-21)14-18(26)22-16-4-6-17(7-5-16)25-12-3-13-31(25,29)30/h4-7,15H,2-3,8-14H2,1H3,(H,22,26)(H,23,28). The van der Waals surface area contributed by atoms with Gasteiger partial charge >= 0.3 is 6.03 Å². The molecule has 0 atom stereocenters. The fraction of sp³-hybridized carbons (Fsp3) is 0.571. The van der Waals surface area contributed by atoms with Crippen LogP contribution in [0.25, 0.3) is 0 Å². The smallest absolute Gasteiger partial charge is 0.325 e. The topological polar surface area (TPSA) is 116 Å². The van der Waals surface area contributed by atoms with Crippen molar-refractivity contribution in [1.29, 1.82) is 0 Å². The number of carbonyl (C=O) groups excluding carboxylic acids is 3. The van der Waals surface area contributed by atoms with Crippen LogP contribution in [0.4, 0.5) is 16.2 Å². The Labute approximate surface area is 182 Å². The molecule has 1 aromatic rings. The number of anilines is 2. The lowest BCUT2D eigenvalue weighted by Gasteiger charge is -2.34. The molecule has 0 unspecified atom stereocenters. The molecule has 0 aromatic heterocycles. The fourth-order valence-electron chi connectivity index (χ4n) is 4.72. The van der Waals surface area contributed by atoms with E-state index in [4.69, 9.17) is 0 Å². The first-order valence-corrected chi connectivity index (χ1v) is 12.4. The number of amides is 4. The van der Waals surface area contributed by atoms with Crippen molar-refractivity contribution in [3.63, 3.8) is 0 Å². The van der Waals surface area contributed by atoms with Crippen molar-refractivity contribution in [2.24, 2.45) is 5.92 Å². The Morgan fingerprint density at radius 3 is 2.45 bits per heavy atom. The van der Waals surface area contributed by atoms with Crippen molar-refractivity contribution in [2.75, 3.05) is 28.5 Å². The van der Waals surface area contributed by atoms with Crippen molar-refractivity contribution in [1.82, 2.24) is 10.2 Å². The van der Waals surface area contributed by atoms with Crippen LogP contribution in [0.3, 0.4) is 0 Å². The minimum absolute atomic E-state index is 0.137. The number of carbonyl (C=O) groups is 3. The van der Waals surface area contributed by atoms with Crippen LogP contribution in [0.5, 0.6) is 0 Å². The van der Waals surface area contributed by atoms with Gasteiger partial charge in [-0.2, -0.15) is 0 Å². The van der Waals surface area contributed by atoms with E-state index in [1.807, 2.05) is 0 Å². The lowest BCUT2D eigenvalue weighted by Crippen LogP contribution is -2.49. The molecule has 3 fully saturated rings. The van der Waals surface area contributed by atoms with E-state index in [0.717, 1.165) is 24.2 Å². The molecule has 0 radical (unpaired) electrons. The Morgan fingerprint density at radius 2 is 1.87 bits per heavy atom. The maximum absolute atomic E-state index is 12.9. The van der Waals surface area contributed by atoms with Gasteiger partial charge in [-0.25, -0.2) is 13.2 Å². The molecule has 2 saturated heterocycles. The maximum atomic E-state index is 12.9. The number of nitrogens with one attached hydrogen (secondary N) is 2. The third-order valence-corrected chi connectivity index (χ3v) is 8.49. The highest BCUT2D eigenvalue weighted by molar-refractivity contribution is 7.93. The molecule has 4 rings (SSSR count). The van der Waals surface area contributed by atoms with Gasteiger partial charge < -0.3 is 10.6 Å². The van der Waals surface area contributed by atoms with E-state index in [9.17, 15) is 22.8 Å². The molecule has 2 heterocycles. The summed E-state index contributed by atoms with van der Waals surface area (Å²) in [5.41, 5.74) is 0.149. The maximum Gasteiger partial charge on any atom is 0.325 e. The molecule has 1 saturated carbocycles. The fourth-order valence-corrected chi connectivity index (χ4v) is 6.29. The average molecular weight is 449 g/mol. The summed E-state index contributed by atoms with van der Waals surface area (Å²) in [7, 11) is -3.27. The minimum Gasteiger partial charge on any atom is -0.325 e. The second kappa shape index (κ2) is 8.14. The summed E-state index contributed by atoms with van der Waals surface area (Å²) in [4.78, 5) is 38.8. The highest BCUT2D eigenvalue weighted by Gasteiger charge is 2.52. The number of urea groups is 1. The quantitative estimate of drug-likeness (QED) is 0.669. The third-order valence-electron chi connectivity index (χ3n) is 6.62. The highest BCUT2D eigenvalue weighted by Crippen LogP contribution is 2.37. The van der Waals surface area contributed by atoms with E-state index in [-0.39, 0.29) is 18.2 Å². The number of rotatable bonds is 5. The summed E-state index contributed by atoms with van der Waals surface area (Å²) in [6.07, 6.45) is 4.65.